The summed E-state index contributed by atoms with van der Waals surface area (Å²) in [4.78, 5) is 1.31. The van der Waals surface area contributed by atoms with Crippen molar-refractivity contribution < 1.29 is 12.8 Å². The Morgan fingerprint density at radius 1 is 1.09 bits per heavy atom. The second-order valence-corrected chi connectivity index (χ2v) is 8.27. The van der Waals surface area contributed by atoms with Gasteiger partial charge in [-0.05, 0) is 36.6 Å². The van der Waals surface area contributed by atoms with Crippen molar-refractivity contribution in [1.82, 2.24) is 4.31 Å². The number of nitrogens with zero attached hydrogens (tertiary/aromatic N) is 1. The van der Waals surface area contributed by atoms with Crippen molar-refractivity contribution in [3.8, 4) is 0 Å². The van der Waals surface area contributed by atoms with Crippen molar-refractivity contribution in [3.05, 3.63) is 76.4 Å². The van der Waals surface area contributed by atoms with E-state index in [-0.39, 0.29) is 6.54 Å². The average Bonchev–Trinajstić information content (AvgIpc) is 3.20. The highest BCUT2D eigenvalue weighted by atomic mass is 32.2. The lowest BCUT2D eigenvalue weighted by Crippen LogP contribution is -2.29. The molecule has 0 spiro atoms. The van der Waals surface area contributed by atoms with E-state index in [4.69, 9.17) is 4.42 Å². The Morgan fingerprint density at radius 3 is 2.48 bits per heavy atom. The normalized spacial score (nSPS) is 11.9. The molecule has 0 amide bonds. The second-order valence-electron chi connectivity index (χ2n) is 5.30. The molecule has 0 unspecified atom stereocenters. The van der Waals surface area contributed by atoms with E-state index in [2.05, 4.69) is 0 Å². The van der Waals surface area contributed by atoms with Gasteiger partial charge in [-0.25, -0.2) is 8.42 Å². The zero-order valence-corrected chi connectivity index (χ0v) is 14.3. The largest absolute Gasteiger partial charge is 0.472 e. The van der Waals surface area contributed by atoms with Crippen molar-refractivity contribution >= 4 is 21.4 Å². The van der Waals surface area contributed by atoms with Crippen molar-refractivity contribution in [2.75, 3.05) is 0 Å². The first kappa shape index (κ1) is 16.0. The third-order valence-electron chi connectivity index (χ3n) is 3.51. The van der Waals surface area contributed by atoms with Gasteiger partial charge in [-0.15, -0.1) is 11.3 Å². The fraction of sp³-hybridized carbons (Fsp3) is 0.176. The quantitative estimate of drug-likeness (QED) is 0.676. The zero-order valence-electron chi connectivity index (χ0n) is 12.7. The molecule has 2 heterocycles. The monoisotopic (exact) mass is 347 g/mol. The molecule has 3 rings (SSSR count). The lowest BCUT2D eigenvalue weighted by molar-refractivity contribution is 0.402. The maximum absolute atomic E-state index is 13.0. The van der Waals surface area contributed by atoms with Crippen molar-refractivity contribution in [3.63, 3.8) is 0 Å². The molecule has 1 aromatic carbocycles. The Balaban J connectivity index is 1.93. The highest BCUT2D eigenvalue weighted by Gasteiger charge is 2.25. The molecular weight excluding hydrogens is 330 g/mol. The van der Waals surface area contributed by atoms with Gasteiger partial charge in [-0.2, -0.15) is 4.31 Å². The minimum Gasteiger partial charge on any atom is -0.472 e. The van der Waals surface area contributed by atoms with E-state index in [9.17, 15) is 8.42 Å². The highest BCUT2D eigenvalue weighted by Crippen LogP contribution is 2.23. The average molecular weight is 347 g/mol. The summed E-state index contributed by atoms with van der Waals surface area (Å²) < 4.78 is 32.5. The first-order valence-corrected chi connectivity index (χ1v) is 9.48. The number of thiophene rings is 1. The molecule has 0 atom stereocenters. The summed E-state index contributed by atoms with van der Waals surface area (Å²) in [6.45, 7) is 2.56. The molecule has 2 aromatic heterocycles. The van der Waals surface area contributed by atoms with Crippen LogP contribution in [-0.2, 0) is 23.1 Å². The predicted molar refractivity (Wildman–Crippen MR) is 90.6 cm³/mol. The van der Waals surface area contributed by atoms with E-state index < -0.39 is 10.0 Å². The number of hydrogen-bond donors (Lipinski definition) is 0. The van der Waals surface area contributed by atoms with Crippen LogP contribution in [0, 0.1) is 6.92 Å². The molecule has 0 aliphatic heterocycles. The summed E-state index contributed by atoms with van der Waals surface area (Å²) in [5, 5.41) is 1.95. The highest BCUT2D eigenvalue weighted by molar-refractivity contribution is 7.89. The molecular formula is C17H17NO3S2. The smallest absolute Gasteiger partial charge is 0.243 e. The van der Waals surface area contributed by atoms with Crippen molar-refractivity contribution in [2.24, 2.45) is 0 Å². The zero-order chi connectivity index (χ0) is 16.3. The Hall–Kier alpha value is -1.89. The van der Waals surface area contributed by atoms with Gasteiger partial charge >= 0.3 is 0 Å². The lowest BCUT2D eigenvalue weighted by atomic mass is 10.2. The van der Waals surface area contributed by atoms with E-state index in [1.807, 2.05) is 36.6 Å². The van der Waals surface area contributed by atoms with Gasteiger partial charge in [0.25, 0.3) is 0 Å². The third-order valence-corrected chi connectivity index (χ3v) is 6.18. The van der Waals surface area contributed by atoms with Crippen LogP contribution in [-0.4, -0.2) is 12.7 Å². The summed E-state index contributed by atoms with van der Waals surface area (Å²) in [6.07, 6.45) is 3.13. The van der Waals surface area contributed by atoms with E-state index in [1.165, 1.54) is 4.31 Å². The van der Waals surface area contributed by atoms with Crippen LogP contribution in [0.4, 0.5) is 0 Å². The maximum atomic E-state index is 13.0. The molecule has 0 bridgehead atoms. The molecule has 0 saturated heterocycles. The van der Waals surface area contributed by atoms with Crippen molar-refractivity contribution in [2.45, 2.75) is 24.9 Å². The topological polar surface area (TPSA) is 50.5 Å². The van der Waals surface area contributed by atoms with E-state index in [0.29, 0.717) is 11.4 Å². The second kappa shape index (κ2) is 6.70. The maximum Gasteiger partial charge on any atom is 0.243 e. The van der Waals surface area contributed by atoms with E-state index >= 15 is 0 Å². The fourth-order valence-electron chi connectivity index (χ4n) is 2.25. The van der Waals surface area contributed by atoms with Crippen LogP contribution in [0.3, 0.4) is 0 Å². The third kappa shape index (κ3) is 3.72. The van der Waals surface area contributed by atoms with E-state index in [0.717, 1.165) is 16.0 Å². The Morgan fingerprint density at radius 2 is 1.87 bits per heavy atom. The van der Waals surface area contributed by atoms with Gasteiger partial charge in [-0.3, -0.25) is 0 Å². The van der Waals surface area contributed by atoms with Crippen LogP contribution in [0.15, 0.2) is 69.7 Å². The Bertz CT molecular complexity index is 800. The first-order chi connectivity index (χ1) is 11.1. The molecule has 0 aliphatic carbocycles. The van der Waals surface area contributed by atoms with Crippen LogP contribution in [0.2, 0.25) is 0 Å². The summed E-state index contributed by atoms with van der Waals surface area (Å²) in [6, 6.07) is 12.6. The molecule has 3 aromatic rings. The van der Waals surface area contributed by atoms with Gasteiger partial charge < -0.3 is 4.42 Å². The minimum absolute atomic E-state index is 0.282. The Kier molecular flexibility index (Phi) is 4.66. The summed E-state index contributed by atoms with van der Waals surface area (Å²) >= 11 is 1.55. The number of benzene rings is 1. The molecule has 4 nitrogen and oxygen atoms in total. The Labute approximate surface area is 140 Å². The minimum atomic E-state index is -3.57. The lowest BCUT2D eigenvalue weighted by Gasteiger charge is -2.21. The summed E-state index contributed by atoms with van der Waals surface area (Å²) in [7, 11) is -3.57. The van der Waals surface area contributed by atoms with Gasteiger partial charge in [0.05, 0.1) is 17.4 Å². The van der Waals surface area contributed by atoms with Crippen LogP contribution in [0.1, 0.15) is 16.0 Å². The summed E-state index contributed by atoms with van der Waals surface area (Å²) in [5.41, 5.74) is 1.86. The number of sulfonamides is 1. The van der Waals surface area contributed by atoms with Gasteiger partial charge in [0.1, 0.15) is 0 Å². The van der Waals surface area contributed by atoms with Gasteiger partial charge in [0.2, 0.25) is 10.0 Å². The van der Waals surface area contributed by atoms with Crippen molar-refractivity contribution in [1.29, 1.82) is 0 Å². The molecule has 0 radical (unpaired) electrons. The predicted octanol–water partition coefficient (Wildman–Crippen LogP) is 4.04. The molecule has 120 valence electrons. The fourth-order valence-corrected chi connectivity index (χ4v) is 4.46. The van der Waals surface area contributed by atoms with Gasteiger partial charge in [0, 0.05) is 23.5 Å². The molecule has 6 heteroatoms. The number of aryl methyl sites for hydroxylation is 1. The van der Waals surface area contributed by atoms with Crippen LogP contribution >= 0.6 is 11.3 Å². The van der Waals surface area contributed by atoms with Crippen LogP contribution in [0.25, 0.3) is 0 Å². The SMILES string of the molecule is Cc1ccc(S(=O)(=O)N(Cc2ccoc2)Cc2cccs2)cc1. The van der Waals surface area contributed by atoms with Crippen LogP contribution < -0.4 is 0 Å². The number of hydrogen-bond acceptors (Lipinski definition) is 4. The molecule has 23 heavy (non-hydrogen) atoms. The molecule has 0 fully saturated rings. The first-order valence-electron chi connectivity index (χ1n) is 7.16. The van der Waals surface area contributed by atoms with E-state index in [1.54, 1.807) is 42.1 Å². The molecule has 0 saturated carbocycles. The van der Waals surface area contributed by atoms with Gasteiger partial charge in [-0.1, -0.05) is 23.8 Å². The molecule has 0 aliphatic rings. The standard InChI is InChI=1S/C17H17NO3S2/c1-14-4-6-17(7-5-14)23(19,20)18(11-15-8-9-21-13-15)12-16-3-2-10-22-16/h2-10,13H,11-12H2,1H3. The summed E-state index contributed by atoms with van der Waals surface area (Å²) in [5.74, 6) is 0. The van der Waals surface area contributed by atoms with Crippen LogP contribution in [0.5, 0.6) is 0 Å². The number of furan rings is 1. The molecule has 0 N–H and O–H groups in total. The van der Waals surface area contributed by atoms with Gasteiger partial charge in [0.15, 0.2) is 0 Å². The number of rotatable bonds is 6.